The third kappa shape index (κ3) is 6.67. The van der Waals surface area contributed by atoms with E-state index in [1.54, 1.807) is 0 Å². The van der Waals surface area contributed by atoms with Crippen LogP contribution in [0.25, 0.3) is 0 Å². The molecule has 0 aliphatic carbocycles. The Morgan fingerprint density at radius 2 is 1.80 bits per heavy atom. The highest BCUT2D eigenvalue weighted by Gasteiger charge is 2.28. The van der Waals surface area contributed by atoms with Crippen molar-refractivity contribution >= 4 is 6.09 Å². The van der Waals surface area contributed by atoms with E-state index in [1.807, 2.05) is 32.7 Å². The molecule has 0 spiro atoms. The Labute approximate surface area is 152 Å². The number of piperazine rings is 1. The van der Waals surface area contributed by atoms with Crippen LogP contribution in [0.3, 0.4) is 0 Å². The maximum absolute atomic E-state index is 12.2. The molecule has 2 rings (SSSR count). The van der Waals surface area contributed by atoms with Crippen LogP contribution in [0.2, 0.25) is 0 Å². The van der Waals surface area contributed by atoms with Crippen LogP contribution in [0.4, 0.5) is 4.79 Å². The van der Waals surface area contributed by atoms with E-state index in [9.17, 15) is 4.79 Å². The van der Waals surface area contributed by atoms with E-state index in [0.29, 0.717) is 6.04 Å². The molecule has 0 bridgehead atoms. The average molecular weight is 348 g/mol. The van der Waals surface area contributed by atoms with Crippen LogP contribution in [-0.4, -0.2) is 67.3 Å². The van der Waals surface area contributed by atoms with E-state index < -0.39 is 5.60 Å². The number of hydrogen-bond donors (Lipinski definition) is 1. The highest BCUT2D eigenvalue weighted by molar-refractivity contribution is 5.68. The lowest BCUT2D eigenvalue weighted by Gasteiger charge is -2.39. The summed E-state index contributed by atoms with van der Waals surface area (Å²) in [5.41, 5.74) is 0.940. The lowest BCUT2D eigenvalue weighted by Crippen LogP contribution is -2.53. The topological polar surface area (TPSA) is 44.8 Å². The maximum atomic E-state index is 12.2. The first-order chi connectivity index (χ1) is 11.9. The van der Waals surface area contributed by atoms with Gasteiger partial charge in [-0.25, -0.2) is 4.79 Å². The second-order valence-corrected chi connectivity index (χ2v) is 7.74. The van der Waals surface area contributed by atoms with Crippen molar-refractivity contribution in [1.82, 2.24) is 15.1 Å². The van der Waals surface area contributed by atoms with Gasteiger partial charge in [0.25, 0.3) is 0 Å². The second-order valence-electron chi connectivity index (χ2n) is 7.74. The standard InChI is InChI=1S/C20H33N3O2/c1-20(2,3)25-19(24)23-14-12-22(13-15-23)18(10-11-21-4)16-17-8-6-5-7-9-17/h5-9,18,21H,10-16H2,1-4H3/t18-/m1/s1. The Bertz CT molecular complexity index is 519. The van der Waals surface area contributed by atoms with Crippen LogP contribution in [0.1, 0.15) is 32.8 Å². The molecule has 140 valence electrons. The molecular weight excluding hydrogens is 314 g/mol. The molecule has 5 heteroatoms. The molecule has 1 amide bonds. The number of carbonyl (C=O) groups excluding carboxylic acids is 1. The minimum Gasteiger partial charge on any atom is -0.444 e. The molecule has 1 fully saturated rings. The molecule has 1 saturated heterocycles. The van der Waals surface area contributed by atoms with Gasteiger partial charge in [0.2, 0.25) is 0 Å². The lowest BCUT2D eigenvalue weighted by atomic mass is 10.0. The number of amides is 1. The zero-order valence-corrected chi connectivity index (χ0v) is 16.1. The van der Waals surface area contributed by atoms with Crippen LogP contribution in [0.15, 0.2) is 30.3 Å². The molecule has 5 nitrogen and oxygen atoms in total. The summed E-state index contributed by atoms with van der Waals surface area (Å²) in [4.78, 5) is 16.6. The molecule has 1 aromatic rings. The van der Waals surface area contributed by atoms with Crippen molar-refractivity contribution < 1.29 is 9.53 Å². The van der Waals surface area contributed by atoms with Crippen LogP contribution in [0.5, 0.6) is 0 Å². The summed E-state index contributed by atoms with van der Waals surface area (Å²) < 4.78 is 5.49. The number of nitrogens with one attached hydrogen (secondary N) is 1. The molecule has 1 atom stereocenters. The van der Waals surface area contributed by atoms with Crippen LogP contribution >= 0.6 is 0 Å². The van der Waals surface area contributed by atoms with Gasteiger partial charge in [-0.15, -0.1) is 0 Å². The molecule has 1 aliphatic heterocycles. The van der Waals surface area contributed by atoms with E-state index in [-0.39, 0.29) is 6.09 Å². The van der Waals surface area contributed by atoms with Gasteiger partial charge < -0.3 is 15.0 Å². The van der Waals surface area contributed by atoms with Crippen molar-refractivity contribution in [2.45, 2.75) is 45.3 Å². The highest BCUT2D eigenvalue weighted by atomic mass is 16.6. The first-order valence-electron chi connectivity index (χ1n) is 9.29. The normalized spacial score (nSPS) is 17.4. The molecule has 1 aromatic carbocycles. The molecule has 1 N–H and O–H groups in total. The van der Waals surface area contributed by atoms with Crippen molar-refractivity contribution in [1.29, 1.82) is 0 Å². The van der Waals surface area contributed by atoms with Gasteiger partial charge >= 0.3 is 6.09 Å². The number of rotatable bonds is 6. The van der Waals surface area contributed by atoms with Crippen molar-refractivity contribution in [3.8, 4) is 0 Å². The van der Waals surface area contributed by atoms with Gasteiger partial charge in [0.15, 0.2) is 0 Å². The first-order valence-corrected chi connectivity index (χ1v) is 9.29. The highest BCUT2D eigenvalue weighted by Crippen LogP contribution is 2.17. The molecule has 0 radical (unpaired) electrons. The summed E-state index contributed by atoms with van der Waals surface area (Å²) in [5.74, 6) is 0. The first kappa shape index (κ1) is 19.7. The molecule has 0 aromatic heterocycles. The predicted molar refractivity (Wildman–Crippen MR) is 102 cm³/mol. The van der Waals surface area contributed by atoms with Gasteiger partial charge in [0, 0.05) is 32.2 Å². The monoisotopic (exact) mass is 347 g/mol. The smallest absolute Gasteiger partial charge is 0.410 e. The number of nitrogens with zero attached hydrogens (tertiary/aromatic N) is 2. The Hall–Kier alpha value is -1.59. The lowest BCUT2D eigenvalue weighted by molar-refractivity contribution is 0.00988. The molecule has 1 heterocycles. The number of carbonyl (C=O) groups is 1. The van der Waals surface area contributed by atoms with Crippen LogP contribution in [0, 0.1) is 0 Å². The van der Waals surface area contributed by atoms with Crippen molar-refractivity contribution in [2.75, 3.05) is 39.8 Å². The summed E-state index contributed by atoms with van der Waals surface area (Å²) in [6.07, 6.45) is 1.97. The minimum absolute atomic E-state index is 0.193. The number of hydrogen-bond acceptors (Lipinski definition) is 4. The Kier molecular flexibility index (Phi) is 7.26. The van der Waals surface area contributed by atoms with Crippen LogP contribution in [-0.2, 0) is 11.2 Å². The van der Waals surface area contributed by atoms with Gasteiger partial charge in [0.05, 0.1) is 0 Å². The second kappa shape index (κ2) is 9.20. The van der Waals surface area contributed by atoms with Gasteiger partial charge in [-0.2, -0.15) is 0 Å². The van der Waals surface area contributed by atoms with Crippen LogP contribution < -0.4 is 5.32 Å². The van der Waals surface area contributed by atoms with Gasteiger partial charge in [0.1, 0.15) is 5.60 Å². The minimum atomic E-state index is -0.434. The SMILES string of the molecule is CNCC[C@H](Cc1ccccc1)N1CCN(C(=O)OC(C)(C)C)CC1. The molecule has 0 unspecified atom stereocenters. The number of benzene rings is 1. The largest absolute Gasteiger partial charge is 0.444 e. The average Bonchev–Trinajstić information content (AvgIpc) is 2.58. The number of ether oxygens (including phenoxy) is 1. The van der Waals surface area contributed by atoms with Gasteiger partial charge in [-0.1, -0.05) is 30.3 Å². The Morgan fingerprint density at radius 1 is 1.16 bits per heavy atom. The maximum Gasteiger partial charge on any atom is 0.410 e. The van der Waals surface area contributed by atoms with E-state index in [4.69, 9.17) is 4.74 Å². The Morgan fingerprint density at radius 3 is 2.36 bits per heavy atom. The summed E-state index contributed by atoms with van der Waals surface area (Å²) in [5, 5.41) is 3.26. The van der Waals surface area contributed by atoms with Gasteiger partial charge in [-0.05, 0) is 52.8 Å². The molecular formula is C20H33N3O2. The third-order valence-electron chi connectivity index (χ3n) is 4.52. The summed E-state index contributed by atoms with van der Waals surface area (Å²) >= 11 is 0. The van der Waals surface area contributed by atoms with Gasteiger partial charge in [-0.3, -0.25) is 4.90 Å². The van der Waals surface area contributed by atoms with E-state index >= 15 is 0 Å². The summed E-state index contributed by atoms with van der Waals surface area (Å²) in [7, 11) is 2.00. The molecule has 0 saturated carbocycles. The van der Waals surface area contributed by atoms with E-state index in [2.05, 4.69) is 40.5 Å². The zero-order valence-electron chi connectivity index (χ0n) is 16.1. The third-order valence-corrected chi connectivity index (χ3v) is 4.52. The summed E-state index contributed by atoms with van der Waals surface area (Å²) in [6.45, 7) is 10.0. The Balaban J connectivity index is 1.91. The fraction of sp³-hybridized carbons (Fsp3) is 0.650. The molecule has 25 heavy (non-hydrogen) atoms. The van der Waals surface area contributed by atoms with Crippen molar-refractivity contribution in [3.05, 3.63) is 35.9 Å². The fourth-order valence-corrected chi connectivity index (χ4v) is 3.21. The van der Waals surface area contributed by atoms with Crippen molar-refractivity contribution in [2.24, 2.45) is 0 Å². The summed E-state index contributed by atoms with van der Waals surface area (Å²) in [6, 6.07) is 11.2. The molecule has 1 aliphatic rings. The van der Waals surface area contributed by atoms with E-state index in [1.165, 1.54) is 5.56 Å². The predicted octanol–water partition coefficient (Wildman–Crippen LogP) is 2.76. The van der Waals surface area contributed by atoms with Crippen molar-refractivity contribution in [3.63, 3.8) is 0 Å². The van der Waals surface area contributed by atoms with E-state index in [0.717, 1.165) is 45.6 Å². The fourth-order valence-electron chi connectivity index (χ4n) is 3.21. The quantitative estimate of drug-likeness (QED) is 0.859. The zero-order chi connectivity index (χ0) is 18.3.